The van der Waals surface area contributed by atoms with Crippen LogP contribution in [-0.4, -0.2) is 57.4 Å². The number of likely N-dealkylation sites (tertiary alicyclic amines) is 1. The minimum atomic E-state index is 0.848. The van der Waals surface area contributed by atoms with E-state index in [4.69, 9.17) is 0 Å². The number of hydrogen-bond acceptors (Lipinski definition) is 5. The van der Waals surface area contributed by atoms with E-state index in [2.05, 4.69) is 24.9 Å². The molecule has 2 aliphatic rings. The minimum absolute atomic E-state index is 0.848. The van der Waals surface area contributed by atoms with Crippen molar-refractivity contribution in [1.82, 2.24) is 24.6 Å². The molecule has 2 aromatic rings. The van der Waals surface area contributed by atoms with Gasteiger partial charge < -0.3 is 9.80 Å². The molecule has 2 saturated heterocycles. The summed E-state index contributed by atoms with van der Waals surface area (Å²) in [7, 11) is 1.93. The summed E-state index contributed by atoms with van der Waals surface area (Å²) in [5.41, 5.74) is 0.921. The molecule has 0 bridgehead atoms. The Balaban J connectivity index is 1.44. The van der Waals surface area contributed by atoms with E-state index in [1.165, 1.54) is 45.3 Å². The highest BCUT2D eigenvalue weighted by Crippen LogP contribution is 2.27. The van der Waals surface area contributed by atoms with Crippen molar-refractivity contribution in [2.75, 3.05) is 37.6 Å². The van der Waals surface area contributed by atoms with Crippen LogP contribution in [0.1, 0.15) is 25.7 Å². The van der Waals surface area contributed by atoms with Gasteiger partial charge in [-0.05, 0) is 44.7 Å². The van der Waals surface area contributed by atoms with E-state index < -0.39 is 0 Å². The molecule has 4 heterocycles. The van der Waals surface area contributed by atoms with E-state index in [1.54, 1.807) is 6.33 Å². The third-order valence-electron chi connectivity index (χ3n) is 5.14. The second-order valence-electron chi connectivity index (χ2n) is 6.64. The van der Waals surface area contributed by atoms with Crippen LogP contribution in [0.4, 0.5) is 5.82 Å². The molecule has 2 aliphatic heterocycles. The molecule has 6 nitrogen and oxygen atoms in total. The fourth-order valence-electron chi connectivity index (χ4n) is 3.86. The molecule has 4 rings (SSSR count). The van der Waals surface area contributed by atoms with Gasteiger partial charge in [0.1, 0.15) is 12.1 Å². The largest absolute Gasteiger partial charge is 0.356 e. The molecule has 118 valence electrons. The maximum Gasteiger partial charge on any atom is 0.163 e. The average molecular weight is 300 g/mol. The Kier molecular flexibility index (Phi) is 3.70. The van der Waals surface area contributed by atoms with Crippen molar-refractivity contribution in [1.29, 1.82) is 0 Å². The van der Waals surface area contributed by atoms with Crippen molar-refractivity contribution in [3.8, 4) is 0 Å². The first-order valence-corrected chi connectivity index (χ1v) is 8.41. The second kappa shape index (κ2) is 5.83. The van der Waals surface area contributed by atoms with Gasteiger partial charge in [-0.3, -0.25) is 4.68 Å². The van der Waals surface area contributed by atoms with E-state index in [0.717, 1.165) is 35.9 Å². The summed E-state index contributed by atoms with van der Waals surface area (Å²) in [5, 5.41) is 5.39. The SMILES string of the molecule is Cn1ncc2c(N3CCC(CN4CCCC4)CC3)ncnc21. The smallest absolute Gasteiger partial charge is 0.163 e. The van der Waals surface area contributed by atoms with Crippen LogP contribution < -0.4 is 4.90 Å². The Morgan fingerprint density at radius 1 is 1.09 bits per heavy atom. The van der Waals surface area contributed by atoms with Gasteiger partial charge in [0.15, 0.2) is 5.65 Å². The molecule has 0 amide bonds. The zero-order valence-electron chi connectivity index (χ0n) is 13.3. The lowest BCUT2D eigenvalue weighted by Gasteiger charge is -2.34. The van der Waals surface area contributed by atoms with Crippen molar-refractivity contribution in [2.45, 2.75) is 25.7 Å². The van der Waals surface area contributed by atoms with Gasteiger partial charge in [0.05, 0.1) is 11.6 Å². The van der Waals surface area contributed by atoms with Crippen molar-refractivity contribution < 1.29 is 0 Å². The van der Waals surface area contributed by atoms with Crippen LogP contribution in [0.15, 0.2) is 12.5 Å². The predicted octanol–water partition coefficient (Wildman–Crippen LogP) is 1.68. The summed E-state index contributed by atoms with van der Waals surface area (Å²) in [5.74, 6) is 1.90. The molecule has 0 radical (unpaired) electrons. The molecule has 0 unspecified atom stereocenters. The molecule has 0 atom stereocenters. The molecule has 0 saturated carbocycles. The standard InChI is InChI=1S/C16H24N6/c1-20-15-14(10-19-20)16(18-12-17-15)22-8-4-13(5-9-22)11-21-6-2-3-7-21/h10,12-13H,2-9,11H2,1H3. The number of aryl methyl sites for hydroxylation is 1. The third-order valence-corrected chi connectivity index (χ3v) is 5.14. The fraction of sp³-hybridized carbons (Fsp3) is 0.688. The topological polar surface area (TPSA) is 50.1 Å². The van der Waals surface area contributed by atoms with Gasteiger partial charge in [0, 0.05) is 26.7 Å². The van der Waals surface area contributed by atoms with Gasteiger partial charge >= 0.3 is 0 Å². The third kappa shape index (κ3) is 2.56. The Labute approximate surface area is 131 Å². The summed E-state index contributed by atoms with van der Waals surface area (Å²) in [4.78, 5) is 13.9. The van der Waals surface area contributed by atoms with Crippen molar-refractivity contribution in [3.63, 3.8) is 0 Å². The molecule has 6 heteroatoms. The van der Waals surface area contributed by atoms with Gasteiger partial charge in [0.25, 0.3) is 0 Å². The van der Waals surface area contributed by atoms with E-state index in [1.807, 2.05) is 17.9 Å². The number of anilines is 1. The summed E-state index contributed by atoms with van der Waals surface area (Å²) < 4.78 is 1.82. The average Bonchev–Trinajstić information content (AvgIpc) is 3.18. The Morgan fingerprint density at radius 3 is 2.64 bits per heavy atom. The fourth-order valence-corrected chi connectivity index (χ4v) is 3.86. The zero-order chi connectivity index (χ0) is 14.9. The molecule has 22 heavy (non-hydrogen) atoms. The normalized spacial score (nSPS) is 21.0. The lowest BCUT2D eigenvalue weighted by atomic mass is 9.96. The van der Waals surface area contributed by atoms with E-state index in [-0.39, 0.29) is 0 Å². The van der Waals surface area contributed by atoms with Crippen molar-refractivity contribution in [3.05, 3.63) is 12.5 Å². The van der Waals surface area contributed by atoms with Crippen LogP contribution in [0, 0.1) is 5.92 Å². The first-order valence-electron chi connectivity index (χ1n) is 8.41. The predicted molar refractivity (Wildman–Crippen MR) is 86.9 cm³/mol. The van der Waals surface area contributed by atoms with E-state index in [9.17, 15) is 0 Å². The van der Waals surface area contributed by atoms with E-state index >= 15 is 0 Å². The van der Waals surface area contributed by atoms with Crippen LogP contribution >= 0.6 is 0 Å². The zero-order valence-corrected chi connectivity index (χ0v) is 13.3. The van der Waals surface area contributed by atoms with Crippen LogP contribution in [0.25, 0.3) is 11.0 Å². The summed E-state index contributed by atoms with van der Waals surface area (Å²) in [6, 6.07) is 0. The molecule has 0 aliphatic carbocycles. The first-order chi connectivity index (χ1) is 10.8. The van der Waals surface area contributed by atoms with Gasteiger partial charge in [-0.15, -0.1) is 0 Å². The van der Waals surface area contributed by atoms with Gasteiger partial charge in [-0.25, -0.2) is 9.97 Å². The number of rotatable bonds is 3. The Hall–Kier alpha value is -1.69. The van der Waals surface area contributed by atoms with Crippen LogP contribution in [0.2, 0.25) is 0 Å². The van der Waals surface area contributed by atoms with Gasteiger partial charge in [-0.2, -0.15) is 5.10 Å². The molecular weight excluding hydrogens is 276 g/mol. The first kappa shape index (κ1) is 13.9. The van der Waals surface area contributed by atoms with Crippen molar-refractivity contribution >= 4 is 16.9 Å². The lowest BCUT2D eigenvalue weighted by Crippen LogP contribution is -2.38. The van der Waals surface area contributed by atoms with Gasteiger partial charge in [-0.1, -0.05) is 0 Å². The lowest BCUT2D eigenvalue weighted by molar-refractivity contribution is 0.249. The number of nitrogens with zero attached hydrogens (tertiary/aromatic N) is 6. The Bertz CT molecular complexity index is 637. The van der Waals surface area contributed by atoms with Crippen LogP contribution in [0.3, 0.4) is 0 Å². The number of piperidine rings is 1. The van der Waals surface area contributed by atoms with E-state index in [0.29, 0.717) is 0 Å². The minimum Gasteiger partial charge on any atom is -0.356 e. The molecule has 0 N–H and O–H groups in total. The Morgan fingerprint density at radius 2 is 1.86 bits per heavy atom. The molecule has 2 fully saturated rings. The molecule has 0 spiro atoms. The maximum absolute atomic E-state index is 4.52. The van der Waals surface area contributed by atoms with Gasteiger partial charge in [0.2, 0.25) is 0 Å². The summed E-state index contributed by atoms with van der Waals surface area (Å²) >= 11 is 0. The quantitative estimate of drug-likeness (QED) is 0.863. The maximum atomic E-state index is 4.52. The molecule has 2 aromatic heterocycles. The summed E-state index contributed by atoms with van der Waals surface area (Å²) in [6.07, 6.45) is 8.86. The monoisotopic (exact) mass is 300 g/mol. The van der Waals surface area contributed by atoms with Crippen LogP contribution in [-0.2, 0) is 7.05 Å². The molecule has 0 aromatic carbocycles. The highest BCUT2D eigenvalue weighted by atomic mass is 15.3. The summed E-state index contributed by atoms with van der Waals surface area (Å²) in [6.45, 7) is 6.10. The van der Waals surface area contributed by atoms with Crippen LogP contribution in [0.5, 0.6) is 0 Å². The highest BCUT2D eigenvalue weighted by molar-refractivity contribution is 5.86. The number of hydrogen-bond donors (Lipinski definition) is 0. The molecular formula is C16H24N6. The number of aromatic nitrogens is 4. The van der Waals surface area contributed by atoms with Crippen molar-refractivity contribution in [2.24, 2.45) is 13.0 Å². The highest BCUT2D eigenvalue weighted by Gasteiger charge is 2.24. The second-order valence-corrected chi connectivity index (χ2v) is 6.64. The number of fused-ring (bicyclic) bond motifs is 1.